The number of fused-ring (bicyclic) bond motifs is 1. The molecule has 0 fully saturated rings. The summed E-state index contributed by atoms with van der Waals surface area (Å²) in [5.74, 6) is -7.08. The fourth-order valence-electron chi connectivity index (χ4n) is 2.70. The molecule has 0 unspecified atom stereocenters. The molecule has 1 aromatic heterocycles. The number of aromatic amines is 1. The fraction of sp³-hybridized carbons (Fsp3) is 0.167. The molecule has 3 aromatic rings. The Bertz CT molecular complexity index is 1160. The number of anilines is 1. The maximum atomic E-state index is 13.7. The number of hydrogen-bond donors (Lipinski definition) is 2. The van der Waals surface area contributed by atoms with Crippen LogP contribution < -0.4 is 10.9 Å². The van der Waals surface area contributed by atoms with Crippen molar-refractivity contribution < 1.29 is 26.7 Å². The second kappa shape index (κ2) is 7.49. The number of urea groups is 1. The molecule has 2 amide bonds. The van der Waals surface area contributed by atoms with E-state index >= 15 is 0 Å². The summed E-state index contributed by atoms with van der Waals surface area (Å²) in [7, 11) is 1.30. The minimum absolute atomic E-state index is 0.0151. The van der Waals surface area contributed by atoms with E-state index in [9.17, 15) is 31.5 Å². The smallest absolute Gasteiger partial charge is 0.319 e. The van der Waals surface area contributed by atoms with Crippen LogP contribution in [0, 0.1) is 29.1 Å². The summed E-state index contributed by atoms with van der Waals surface area (Å²) in [6, 6.07) is 0.961. The molecule has 0 bridgehead atoms. The number of amides is 2. The van der Waals surface area contributed by atoms with E-state index in [1.165, 1.54) is 14.0 Å². The van der Waals surface area contributed by atoms with Crippen molar-refractivity contribution in [2.45, 2.75) is 13.0 Å². The largest absolute Gasteiger partial charge is 0.322 e. The Balaban J connectivity index is 1.93. The van der Waals surface area contributed by atoms with E-state index in [0.717, 1.165) is 11.0 Å². The van der Waals surface area contributed by atoms with E-state index in [2.05, 4.69) is 15.5 Å². The van der Waals surface area contributed by atoms with Gasteiger partial charge in [0.05, 0.1) is 17.1 Å². The number of carbonyl (C=O) groups excluding carboxylic acids is 1. The first-order valence-corrected chi connectivity index (χ1v) is 8.15. The molecular formula is C18H13F5N4O2. The topological polar surface area (TPSA) is 78.1 Å². The van der Waals surface area contributed by atoms with Crippen LogP contribution in [0.25, 0.3) is 10.8 Å². The van der Waals surface area contributed by atoms with Gasteiger partial charge >= 0.3 is 6.03 Å². The second-order valence-electron chi connectivity index (χ2n) is 6.22. The lowest BCUT2D eigenvalue weighted by molar-refractivity contribution is 0.207. The predicted molar refractivity (Wildman–Crippen MR) is 93.8 cm³/mol. The Morgan fingerprint density at radius 3 is 2.14 bits per heavy atom. The van der Waals surface area contributed by atoms with Crippen LogP contribution in [0.3, 0.4) is 0 Å². The van der Waals surface area contributed by atoms with Crippen molar-refractivity contribution in [2.75, 3.05) is 12.4 Å². The summed E-state index contributed by atoms with van der Waals surface area (Å²) in [4.78, 5) is 25.3. The Kier molecular flexibility index (Phi) is 5.23. The number of nitrogens with one attached hydrogen (secondary N) is 2. The predicted octanol–water partition coefficient (Wildman–Crippen LogP) is 3.84. The van der Waals surface area contributed by atoms with Gasteiger partial charge in [0.25, 0.3) is 5.56 Å². The number of carbonyl (C=O) groups is 1. The van der Waals surface area contributed by atoms with Gasteiger partial charge in [-0.1, -0.05) is 0 Å². The highest BCUT2D eigenvalue weighted by atomic mass is 19.2. The van der Waals surface area contributed by atoms with Crippen LogP contribution in [-0.4, -0.2) is 28.2 Å². The van der Waals surface area contributed by atoms with E-state index in [-0.39, 0.29) is 22.2 Å². The summed E-state index contributed by atoms with van der Waals surface area (Å²) in [6.45, 7) is 1.48. The molecule has 0 aliphatic heterocycles. The van der Waals surface area contributed by atoms with E-state index in [1.807, 2.05) is 0 Å². The standard InChI is InChI=1S/C18H13F5N4O2/c1-7(16-9-5-11(19)12(20)6-10(9)17(28)26-25-16)27(2)18(29)24-8-3-13(21)15(23)14(22)4-8/h3-7H,1-2H3,(H,24,29)(H,26,28)/t7-/m1/s1. The number of hydrogen-bond acceptors (Lipinski definition) is 3. The average Bonchev–Trinajstić information content (AvgIpc) is 2.66. The van der Waals surface area contributed by atoms with Gasteiger partial charge in [-0.3, -0.25) is 4.79 Å². The van der Waals surface area contributed by atoms with Gasteiger partial charge in [0.15, 0.2) is 29.1 Å². The molecule has 0 saturated carbocycles. The molecule has 0 aliphatic carbocycles. The molecule has 0 saturated heterocycles. The SMILES string of the molecule is C[C@H](c1n[nH]c(=O)c2cc(F)c(F)cc12)N(C)C(=O)Nc1cc(F)c(F)c(F)c1. The zero-order chi connectivity index (χ0) is 21.5. The van der Waals surface area contributed by atoms with Gasteiger partial charge in [-0.2, -0.15) is 5.10 Å². The third-order valence-electron chi connectivity index (χ3n) is 4.39. The number of rotatable bonds is 3. The quantitative estimate of drug-likeness (QED) is 0.507. The van der Waals surface area contributed by atoms with Gasteiger partial charge in [-0.05, 0) is 19.1 Å². The molecule has 6 nitrogen and oxygen atoms in total. The highest BCUT2D eigenvalue weighted by molar-refractivity contribution is 5.90. The van der Waals surface area contributed by atoms with Crippen molar-refractivity contribution in [2.24, 2.45) is 0 Å². The number of aromatic nitrogens is 2. The van der Waals surface area contributed by atoms with Crippen molar-refractivity contribution in [3.8, 4) is 0 Å². The Hall–Kier alpha value is -3.50. The monoisotopic (exact) mass is 412 g/mol. The highest BCUT2D eigenvalue weighted by Gasteiger charge is 2.23. The first-order valence-electron chi connectivity index (χ1n) is 8.15. The van der Waals surface area contributed by atoms with Gasteiger partial charge < -0.3 is 10.2 Å². The lowest BCUT2D eigenvalue weighted by Crippen LogP contribution is -2.34. The van der Waals surface area contributed by atoms with Gasteiger partial charge in [0.1, 0.15) is 0 Å². The van der Waals surface area contributed by atoms with E-state index in [4.69, 9.17) is 0 Å². The molecular weight excluding hydrogens is 399 g/mol. The van der Waals surface area contributed by atoms with E-state index in [1.54, 1.807) is 0 Å². The number of halogens is 5. The molecule has 0 aliphatic rings. The Morgan fingerprint density at radius 1 is 1.00 bits per heavy atom. The molecule has 1 atom stereocenters. The Morgan fingerprint density at radius 2 is 1.55 bits per heavy atom. The van der Waals surface area contributed by atoms with Gasteiger partial charge in [-0.15, -0.1) is 0 Å². The van der Waals surface area contributed by atoms with Crippen molar-refractivity contribution in [3.63, 3.8) is 0 Å². The minimum atomic E-state index is -1.68. The zero-order valence-electron chi connectivity index (χ0n) is 15.0. The van der Waals surface area contributed by atoms with Crippen LogP contribution in [0.15, 0.2) is 29.1 Å². The molecule has 29 heavy (non-hydrogen) atoms. The summed E-state index contributed by atoms with van der Waals surface area (Å²) in [6.07, 6.45) is 0. The first-order chi connectivity index (χ1) is 13.6. The first kappa shape index (κ1) is 20.2. The normalized spacial score (nSPS) is 12.1. The molecule has 11 heteroatoms. The van der Waals surface area contributed by atoms with Crippen LogP contribution >= 0.6 is 0 Å². The highest BCUT2D eigenvalue weighted by Crippen LogP contribution is 2.26. The Labute approximate surface area is 159 Å². The lowest BCUT2D eigenvalue weighted by atomic mass is 10.1. The molecule has 3 rings (SSSR count). The van der Waals surface area contributed by atoms with Crippen LogP contribution in [-0.2, 0) is 0 Å². The average molecular weight is 412 g/mol. The molecule has 0 spiro atoms. The van der Waals surface area contributed by atoms with Crippen molar-refractivity contribution in [1.29, 1.82) is 0 Å². The molecule has 1 heterocycles. The minimum Gasteiger partial charge on any atom is -0.319 e. The second-order valence-corrected chi connectivity index (χ2v) is 6.22. The lowest BCUT2D eigenvalue weighted by Gasteiger charge is -2.25. The third-order valence-corrected chi connectivity index (χ3v) is 4.39. The van der Waals surface area contributed by atoms with Gasteiger partial charge in [-0.25, -0.2) is 31.8 Å². The molecule has 2 N–H and O–H groups in total. The summed E-state index contributed by atoms with van der Waals surface area (Å²) < 4.78 is 66.8. The molecule has 152 valence electrons. The number of benzene rings is 2. The number of H-pyrrole nitrogens is 1. The van der Waals surface area contributed by atoms with Crippen LogP contribution in [0.2, 0.25) is 0 Å². The van der Waals surface area contributed by atoms with Crippen molar-refractivity contribution >= 4 is 22.5 Å². The summed E-state index contributed by atoms with van der Waals surface area (Å²) in [5, 5.41) is 7.95. The van der Waals surface area contributed by atoms with E-state index < -0.39 is 46.7 Å². The third kappa shape index (κ3) is 3.75. The molecule has 2 aromatic carbocycles. The van der Waals surface area contributed by atoms with Gasteiger partial charge in [0, 0.05) is 30.3 Å². The maximum absolute atomic E-state index is 13.7. The van der Waals surface area contributed by atoms with Gasteiger partial charge in [0.2, 0.25) is 0 Å². The number of nitrogens with zero attached hydrogens (tertiary/aromatic N) is 2. The summed E-state index contributed by atoms with van der Waals surface area (Å²) in [5.41, 5.74) is -1.04. The fourth-order valence-corrected chi connectivity index (χ4v) is 2.70. The maximum Gasteiger partial charge on any atom is 0.322 e. The van der Waals surface area contributed by atoms with Crippen LogP contribution in [0.5, 0.6) is 0 Å². The van der Waals surface area contributed by atoms with Crippen LogP contribution in [0.4, 0.5) is 32.4 Å². The van der Waals surface area contributed by atoms with Crippen molar-refractivity contribution in [1.82, 2.24) is 15.1 Å². The van der Waals surface area contributed by atoms with Crippen LogP contribution in [0.1, 0.15) is 18.7 Å². The zero-order valence-corrected chi connectivity index (χ0v) is 15.0. The van der Waals surface area contributed by atoms with E-state index in [0.29, 0.717) is 18.2 Å². The summed E-state index contributed by atoms with van der Waals surface area (Å²) >= 11 is 0. The molecule has 0 radical (unpaired) electrons. The van der Waals surface area contributed by atoms with Crippen molar-refractivity contribution in [3.05, 3.63) is 69.4 Å².